The van der Waals surface area contributed by atoms with Gasteiger partial charge in [-0.3, -0.25) is 9.59 Å². The van der Waals surface area contributed by atoms with Crippen molar-refractivity contribution in [1.82, 2.24) is 30.2 Å². The smallest absolute Gasteiger partial charge is 0.255 e. The molecule has 10 nitrogen and oxygen atoms in total. The summed E-state index contributed by atoms with van der Waals surface area (Å²) in [6.07, 6.45) is 4.50. The summed E-state index contributed by atoms with van der Waals surface area (Å²) < 4.78 is 18.8. The molecule has 0 bridgehead atoms. The van der Waals surface area contributed by atoms with E-state index in [2.05, 4.69) is 31.8 Å². The SMILES string of the molecule is C=CC(=O)N1CCN(c2cnc3[nH]cc(C(=O)NCc4nc5ccc(F)cc5o4)c3n2)CC1. The Morgan fingerprint density at radius 1 is 1.24 bits per heavy atom. The average Bonchev–Trinajstić information content (AvgIpc) is 3.45. The largest absolute Gasteiger partial charge is 0.439 e. The first-order chi connectivity index (χ1) is 16.0. The van der Waals surface area contributed by atoms with Crippen molar-refractivity contribution in [3.05, 3.63) is 60.5 Å². The number of hydrogen-bond donors (Lipinski definition) is 2. The first kappa shape index (κ1) is 20.6. The summed E-state index contributed by atoms with van der Waals surface area (Å²) in [5.74, 6) is 0.00820. The van der Waals surface area contributed by atoms with Gasteiger partial charge in [0.2, 0.25) is 11.8 Å². The van der Waals surface area contributed by atoms with Gasteiger partial charge in [-0.2, -0.15) is 0 Å². The Balaban J connectivity index is 1.30. The number of fused-ring (bicyclic) bond motifs is 2. The minimum Gasteiger partial charge on any atom is -0.439 e. The molecule has 0 unspecified atom stereocenters. The summed E-state index contributed by atoms with van der Waals surface area (Å²) in [5, 5.41) is 2.75. The molecule has 1 fully saturated rings. The number of H-pyrrole nitrogens is 1. The fourth-order valence-electron chi connectivity index (χ4n) is 3.77. The number of nitrogens with one attached hydrogen (secondary N) is 2. The lowest BCUT2D eigenvalue weighted by molar-refractivity contribution is -0.126. The van der Waals surface area contributed by atoms with Gasteiger partial charge in [-0.1, -0.05) is 6.58 Å². The summed E-state index contributed by atoms with van der Waals surface area (Å²) >= 11 is 0. The number of aromatic amines is 1. The van der Waals surface area contributed by atoms with Gasteiger partial charge in [-0.25, -0.2) is 19.3 Å². The number of anilines is 1. The van der Waals surface area contributed by atoms with Crippen LogP contribution < -0.4 is 10.2 Å². The van der Waals surface area contributed by atoms with Crippen LogP contribution in [0.3, 0.4) is 0 Å². The van der Waals surface area contributed by atoms with E-state index in [9.17, 15) is 14.0 Å². The Kier molecular flexibility index (Phi) is 5.21. The summed E-state index contributed by atoms with van der Waals surface area (Å²) in [7, 11) is 0. The number of carbonyl (C=O) groups is 2. The molecule has 168 valence electrons. The highest BCUT2D eigenvalue weighted by atomic mass is 19.1. The molecule has 0 saturated carbocycles. The number of amides is 2. The van der Waals surface area contributed by atoms with Crippen molar-refractivity contribution in [1.29, 1.82) is 0 Å². The Morgan fingerprint density at radius 3 is 2.85 bits per heavy atom. The number of hydrogen-bond acceptors (Lipinski definition) is 7. The number of carbonyl (C=O) groups excluding carboxylic acids is 2. The average molecular weight is 449 g/mol. The van der Waals surface area contributed by atoms with Crippen molar-refractivity contribution in [3.8, 4) is 0 Å². The molecule has 2 N–H and O–H groups in total. The third-order valence-electron chi connectivity index (χ3n) is 5.50. The molecule has 1 aromatic carbocycles. The zero-order valence-corrected chi connectivity index (χ0v) is 17.5. The second-order valence-electron chi connectivity index (χ2n) is 7.55. The van der Waals surface area contributed by atoms with Gasteiger partial charge in [0.1, 0.15) is 22.7 Å². The monoisotopic (exact) mass is 449 g/mol. The lowest BCUT2D eigenvalue weighted by Crippen LogP contribution is -2.48. The molecule has 1 aliphatic heterocycles. The number of nitrogens with zero attached hydrogens (tertiary/aromatic N) is 5. The van der Waals surface area contributed by atoms with Crippen LogP contribution in [0.1, 0.15) is 16.2 Å². The molecule has 4 aromatic rings. The molecule has 11 heteroatoms. The van der Waals surface area contributed by atoms with Crippen LogP contribution in [0.5, 0.6) is 0 Å². The van der Waals surface area contributed by atoms with Crippen LogP contribution >= 0.6 is 0 Å². The second-order valence-corrected chi connectivity index (χ2v) is 7.55. The third kappa shape index (κ3) is 4.00. The third-order valence-corrected chi connectivity index (χ3v) is 5.50. The maximum absolute atomic E-state index is 13.3. The van der Waals surface area contributed by atoms with E-state index in [4.69, 9.17) is 4.42 Å². The summed E-state index contributed by atoms with van der Waals surface area (Å²) in [5.41, 5.74) is 2.09. The van der Waals surface area contributed by atoms with Crippen molar-refractivity contribution in [2.75, 3.05) is 31.1 Å². The Morgan fingerprint density at radius 2 is 2.06 bits per heavy atom. The number of oxazole rings is 1. The highest BCUT2D eigenvalue weighted by molar-refractivity contribution is 6.04. The number of halogens is 1. The molecular weight excluding hydrogens is 429 g/mol. The van der Waals surface area contributed by atoms with E-state index in [-0.39, 0.29) is 24.2 Å². The van der Waals surface area contributed by atoms with Gasteiger partial charge >= 0.3 is 0 Å². The highest BCUT2D eigenvalue weighted by Crippen LogP contribution is 2.21. The molecule has 5 rings (SSSR count). The van der Waals surface area contributed by atoms with Crippen LogP contribution in [0.15, 0.2) is 47.7 Å². The van der Waals surface area contributed by atoms with Crippen LogP contribution in [-0.2, 0) is 11.3 Å². The van der Waals surface area contributed by atoms with E-state index in [1.165, 1.54) is 24.3 Å². The van der Waals surface area contributed by atoms with Gasteiger partial charge in [0, 0.05) is 38.4 Å². The van der Waals surface area contributed by atoms with Crippen molar-refractivity contribution in [2.24, 2.45) is 0 Å². The van der Waals surface area contributed by atoms with Gasteiger partial charge < -0.3 is 24.5 Å². The minimum atomic E-state index is -0.420. The van der Waals surface area contributed by atoms with Gasteiger partial charge in [0.15, 0.2) is 11.2 Å². The maximum Gasteiger partial charge on any atom is 0.255 e. The molecule has 0 atom stereocenters. The molecule has 1 saturated heterocycles. The van der Waals surface area contributed by atoms with Gasteiger partial charge in [-0.05, 0) is 18.2 Å². The molecule has 1 aliphatic rings. The van der Waals surface area contributed by atoms with E-state index in [0.29, 0.717) is 59.8 Å². The van der Waals surface area contributed by atoms with Crippen LogP contribution in [0.4, 0.5) is 10.2 Å². The Hall–Kier alpha value is -4.28. The van der Waals surface area contributed by atoms with Crippen LogP contribution in [-0.4, -0.2) is 62.8 Å². The normalized spacial score (nSPS) is 14.1. The molecule has 33 heavy (non-hydrogen) atoms. The van der Waals surface area contributed by atoms with E-state index in [1.807, 2.05) is 4.90 Å². The minimum absolute atomic E-state index is 0.0359. The lowest BCUT2D eigenvalue weighted by Gasteiger charge is -2.34. The number of aromatic nitrogens is 4. The summed E-state index contributed by atoms with van der Waals surface area (Å²) in [6.45, 7) is 5.87. The first-order valence-corrected chi connectivity index (χ1v) is 10.4. The number of piperazine rings is 1. The van der Waals surface area contributed by atoms with E-state index in [0.717, 1.165) is 0 Å². The zero-order valence-electron chi connectivity index (χ0n) is 17.5. The highest BCUT2D eigenvalue weighted by Gasteiger charge is 2.22. The van der Waals surface area contributed by atoms with E-state index >= 15 is 0 Å². The van der Waals surface area contributed by atoms with Gasteiger partial charge in [-0.15, -0.1) is 0 Å². The number of rotatable bonds is 5. The summed E-state index contributed by atoms with van der Waals surface area (Å²) in [4.78, 5) is 44.6. The van der Waals surface area contributed by atoms with Crippen molar-refractivity contribution < 1.29 is 18.4 Å². The molecule has 2 amide bonds. The molecule has 4 heterocycles. The van der Waals surface area contributed by atoms with E-state index < -0.39 is 5.82 Å². The van der Waals surface area contributed by atoms with Gasteiger partial charge in [0.05, 0.1) is 18.3 Å². The maximum atomic E-state index is 13.3. The van der Waals surface area contributed by atoms with Crippen LogP contribution in [0.2, 0.25) is 0 Å². The molecule has 0 radical (unpaired) electrons. The molecule has 0 aliphatic carbocycles. The second kappa shape index (κ2) is 8.34. The van der Waals surface area contributed by atoms with Crippen molar-refractivity contribution in [3.63, 3.8) is 0 Å². The fraction of sp³-hybridized carbons (Fsp3) is 0.227. The van der Waals surface area contributed by atoms with Crippen LogP contribution in [0.25, 0.3) is 22.3 Å². The first-order valence-electron chi connectivity index (χ1n) is 10.4. The Bertz CT molecular complexity index is 1370. The predicted molar refractivity (Wildman–Crippen MR) is 118 cm³/mol. The fourth-order valence-corrected chi connectivity index (χ4v) is 3.77. The number of benzene rings is 1. The quantitative estimate of drug-likeness (QED) is 0.447. The van der Waals surface area contributed by atoms with Crippen molar-refractivity contribution in [2.45, 2.75) is 6.54 Å². The predicted octanol–water partition coefficient (Wildman–Crippen LogP) is 2.00. The van der Waals surface area contributed by atoms with E-state index in [1.54, 1.807) is 17.3 Å². The molecular formula is C22H20FN7O3. The standard InChI is InChI=1S/C22H20FN7O3/c1-2-19(31)30-7-5-29(6-8-30)17-11-25-21-20(28-17)14(10-24-21)22(32)26-12-18-27-15-4-3-13(23)9-16(15)33-18/h2-4,9-11H,1,5-8,12H2,(H,24,25)(H,26,32). The summed E-state index contributed by atoms with van der Waals surface area (Å²) in [6, 6.07) is 4.06. The van der Waals surface area contributed by atoms with Gasteiger partial charge in [0.25, 0.3) is 5.91 Å². The molecule has 0 spiro atoms. The topological polar surface area (TPSA) is 120 Å². The Labute approximate surface area is 187 Å². The molecule has 3 aromatic heterocycles. The lowest BCUT2D eigenvalue weighted by atomic mass is 10.2. The van der Waals surface area contributed by atoms with Crippen LogP contribution in [0, 0.1) is 5.82 Å². The van der Waals surface area contributed by atoms with Crippen molar-refractivity contribution >= 4 is 39.9 Å². The zero-order chi connectivity index (χ0) is 22.9.